The lowest BCUT2D eigenvalue weighted by Crippen LogP contribution is -1.94. The molecule has 2 nitrogen and oxygen atoms in total. The normalized spacial score (nSPS) is 11.4. The zero-order valence-electron chi connectivity index (χ0n) is 24.1. The van der Waals surface area contributed by atoms with E-state index in [1.54, 1.807) is 0 Å². The van der Waals surface area contributed by atoms with Crippen molar-refractivity contribution in [3.63, 3.8) is 0 Å². The highest BCUT2D eigenvalue weighted by Gasteiger charge is 2.03. The van der Waals surface area contributed by atoms with Gasteiger partial charge < -0.3 is 0 Å². The maximum atomic E-state index is 4.65. The minimum atomic E-state index is 0.852. The average molecular weight is 493 g/mol. The molecule has 0 amide bonds. The van der Waals surface area contributed by atoms with Crippen LogP contribution in [0.4, 0.5) is 0 Å². The molecular weight excluding hydrogens is 436 g/mol. The molecule has 0 spiro atoms. The summed E-state index contributed by atoms with van der Waals surface area (Å²) in [5.74, 6) is 1.70. The lowest BCUT2D eigenvalue weighted by molar-refractivity contribution is 0.511. The van der Waals surface area contributed by atoms with Crippen LogP contribution in [0.15, 0.2) is 36.7 Å². The fourth-order valence-corrected chi connectivity index (χ4v) is 5.04. The van der Waals surface area contributed by atoms with Crippen molar-refractivity contribution in [3.8, 4) is 11.4 Å². The van der Waals surface area contributed by atoms with E-state index in [1.807, 2.05) is 12.4 Å². The number of rotatable bonds is 22. The van der Waals surface area contributed by atoms with Crippen molar-refractivity contribution in [2.45, 2.75) is 149 Å². The third kappa shape index (κ3) is 14.8. The van der Waals surface area contributed by atoms with Crippen LogP contribution in [0, 0.1) is 5.92 Å². The van der Waals surface area contributed by atoms with Gasteiger partial charge in [0, 0.05) is 18.0 Å². The lowest BCUT2D eigenvalue weighted by atomic mass is 10.0. The molecule has 0 saturated heterocycles. The Morgan fingerprint density at radius 2 is 0.972 bits per heavy atom. The van der Waals surface area contributed by atoms with Crippen LogP contribution in [0.2, 0.25) is 0 Å². The highest BCUT2D eigenvalue weighted by molar-refractivity contribution is 5.55. The molecule has 0 aliphatic rings. The van der Waals surface area contributed by atoms with Crippen molar-refractivity contribution >= 4 is 0 Å². The molecule has 2 rings (SSSR count). The van der Waals surface area contributed by atoms with Gasteiger partial charge in [0.1, 0.15) is 0 Å². The van der Waals surface area contributed by atoms with E-state index < -0.39 is 0 Å². The van der Waals surface area contributed by atoms with Gasteiger partial charge in [0.05, 0.1) is 0 Å². The Morgan fingerprint density at radius 3 is 1.47 bits per heavy atom. The van der Waals surface area contributed by atoms with Crippen molar-refractivity contribution < 1.29 is 0 Å². The van der Waals surface area contributed by atoms with Gasteiger partial charge in [-0.25, -0.2) is 9.97 Å². The molecule has 2 aromatic rings. The molecule has 1 aromatic carbocycles. The first-order chi connectivity index (χ1) is 17.7. The molecule has 0 saturated carbocycles. The van der Waals surface area contributed by atoms with Gasteiger partial charge in [-0.05, 0) is 42.7 Å². The minimum Gasteiger partial charge on any atom is -0.236 e. The van der Waals surface area contributed by atoms with Gasteiger partial charge in [-0.15, -0.1) is 0 Å². The lowest BCUT2D eigenvalue weighted by Gasteiger charge is -2.06. The molecule has 36 heavy (non-hydrogen) atoms. The average Bonchev–Trinajstić information content (AvgIpc) is 2.89. The molecule has 0 bridgehead atoms. The van der Waals surface area contributed by atoms with Crippen molar-refractivity contribution in [1.29, 1.82) is 0 Å². The third-order valence-corrected chi connectivity index (χ3v) is 7.48. The summed E-state index contributed by atoms with van der Waals surface area (Å²) in [5, 5.41) is 0. The highest BCUT2D eigenvalue weighted by Crippen LogP contribution is 2.18. The van der Waals surface area contributed by atoms with Crippen molar-refractivity contribution in [2.24, 2.45) is 5.92 Å². The molecule has 0 N–H and O–H groups in total. The Labute approximate surface area is 224 Å². The first-order valence-corrected chi connectivity index (χ1v) is 15.6. The second-order valence-corrected chi connectivity index (χ2v) is 11.5. The van der Waals surface area contributed by atoms with Gasteiger partial charge >= 0.3 is 0 Å². The maximum Gasteiger partial charge on any atom is 0.159 e. The summed E-state index contributed by atoms with van der Waals surface area (Å²) in [6.45, 7) is 6.94. The van der Waals surface area contributed by atoms with E-state index in [-0.39, 0.29) is 0 Å². The van der Waals surface area contributed by atoms with Crippen LogP contribution in [-0.2, 0) is 12.8 Å². The summed E-state index contributed by atoms with van der Waals surface area (Å²) in [6, 6.07) is 8.93. The Hall–Kier alpha value is -1.70. The SMILES string of the molecule is CCCCCCCCCCCCCc1ccc(-c2ncc(CCCCCCCCC(C)C)cn2)cc1. The summed E-state index contributed by atoms with van der Waals surface area (Å²) in [5.41, 5.74) is 3.84. The van der Waals surface area contributed by atoms with Crippen LogP contribution in [-0.4, -0.2) is 9.97 Å². The van der Waals surface area contributed by atoms with Crippen LogP contribution < -0.4 is 0 Å². The summed E-state index contributed by atoms with van der Waals surface area (Å²) in [6.07, 6.45) is 31.3. The van der Waals surface area contributed by atoms with Crippen molar-refractivity contribution in [3.05, 3.63) is 47.8 Å². The second kappa shape index (κ2) is 20.4. The molecule has 0 aliphatic carbocycles. The molecular formula is C34H56N2. The number of hydrogen-bond acceptors (Lipinski definition) is 2. The van der Waals surface area contributed by atoms with E-state index in [0.717, 1.165) is 23.7 Å². The van der Waals surface area contributed by atoms with E-state index in [9.17, 15) is 0 Å². The zero-order chi connectivity index (χ0) is 25.7. The van der Waals surface area contributed by atoms with Crippen molar-refractivity contribution in [2.75, 3.05) is 0 Å². The monoisotopic (exact) mass is 492 g/mol. The molecule has 0 atom stereocenters. The van der Waals surface area contributed by atoms with Crippen molar-refractivity contribution in [1.82, 2.24) is 9.97 Å². The Morgan fingerprint density at radius 1 is 0.528 bits per heavy atom. The second-order valence-electron chi connectivity index (χ2n) is 11.5. The minimum absolute atomic E-state index is 0.852. The predicted molar refractivity (Wildman–Crippen MR) is 158 cm³/mol. The van der Waals surface area contributed by atoms with Gasteiger partial charge in [-0.1, -0.05) is 148 Å². The van der Waals surface area contributed by atoms with E-state index in [4.69, 9.17) is 0 Å². The van der Waals surface area contributed by atoms with Gasteiger partial charge in [-0.2, -0.15) is 0 Å². The highest BCUT2D eigenvalue weighted by atomic mass is 14.9. The van der Waals surface area contributed by atoms with Crippen LogP contribution in [0.3, 0.4) is 0 Å². The van der Waals surface area contributed by atoms with E-state index in [1.165, 1.54) is 133 Å². The predicted octanol–water partition coefficient (Wildman–Crippen LogP) is 10.9. The van der Waals surface area contributed by atoms with E-state index in [0.29, 0.717) is 0 Å². The van der Waals surface area contributed by atoms with Gasteiger partial charge in [-0.3, -0.25) is 0 Å². The van der Waals surface area contributed by atoms with Gasteiger partial charge in [0.25, 0.3) is 0 Å². The largest absolute Gasteiger partial charge is 0.236 e. The van der Waals surface area contributed by atoms with E-state index in [2.05, 4.69) is 55.0 Å². The number of aromatic nitrogens is 2. The summed E-state index contributed by atoms with van der Waals surface area (Å²) in [4.78, 5) is 9.31. The topological polar surface area (TPSA) is 25.8 Å². The molecule has 2 heteroatoms. The Balaban J connectivity index is 1.54. The summed E-state index contributed by atoms with van der Waals surface area (Å²) < 4.78 is 0. The Bertz CT molecular complexity index is 748. The zero-order valence-corrected chi connectivity index (χ0v) is 24.1. The number of hydrogen-bond donors (Lipinski definition) is 0. The number of nitrogens with zero attached hydrogens (tertiary/aromatic N) is 2. The van der Waals surface area contributed by atoms with Crippen LogP contribution >= 0.6 is 0 Å². The summed E-state index contributed by atoms with van der Waals surface area (Å²) in [7, 11) is 0. The molecule has 202 valence electrons. The third-order valence-electron chi connectivity index (χ3n) is 7.48. The molecule has 0 aliphatic heterocycles. The molecule has 0 unspecified atom stereocenters. The summed E-state index contributed by atoms with van der Waals surface area (Å²) >= 11 is 0. The fourth-order valence-electron chi connectivity index (χ4n) is 5.04. The van der Waals surface area contributed by atoms with Crippen LogP contribution in [0.1, 0.15) is 147 Å². The van der Waals surface area contributed by atoms with E-state index >= 15 is 0 Å². The maximum absolute atomic E-state index is 4.65. The van der Waals surface area contributed by atoms with Crippen LogP contribution in [0.5, 0.6) is 0 Å². The number of unbranched alkanes of at least 4 members (excludes halogenated alkanes) is 15. The number of aryl methyl sites for hydroxylation is 2. The first-order valence-electron chi connectivity index (χ1n) is 15.6. The van der Waals surface area contributed by atoms with Gasteiger partial charge in [0.15, 0.2) is 5.82 Å². The smallest absolute Gasteiger partial charge is 0.159 e. The first kappa shape index (κ1) is 30.5. The van der Waals surface area contributed by atoms with Gasteiger partial charge in [0.2, 0.25) is 0 Å². The number of benzene rings is 1. The quantitative estimate of drug-likeness (QED) is 0.153. The molecule has 0 radical (unpaired) electrons. The standard InChI is InChI=1S/C34H56N2/c1-4-5-6-7-8-9-10-11-12-16-19-22-31-24-26-33(27-25-31)34-35-28-32(29-36-34)23-20-17-14-13-15-18-21-30(2)3/h24-30H,4-23H2,1-3H3. The fraction of sp³-hybridized carbons (Fsp3) is 0.706. The Kier molecular flexibility index (Phi) is 17.3. The molecule has 1 heterocycles. The van der Waals surface area contributed by atoms with Crippen LogP contribution in [0.25, 0.3) is 11.4 Å². The molecule has 0 fully saturated rings. The molecule has 1 aromatic heterocycles.